The average molecular weight is 410 g/mol. The quantitative estimate of drug-likeness (QED) is 0.523. The molecule has 0 saturated carbocycles. The van der Waals surface area contributed by atoms with Gasteiger partial charge in [-0.25, -0.2) is 9.48 Å². The van der Waals surface area contributed by atoms with Crippen LogP contribution in [0, 0.1) is 0 Å². The van der Waals surface area contributed by atoms with Crippen molar-refractivity contribution in [3.63, 3.8) is 0 Å². The van der Waals surface area contributed by atoms with Crippen molar-refractivity contribution in [3.05, 3.63) is 65.4 Å². The molecule has 8 heteroatoms. The monoisotopic (exact) mass is 409 g/mol. The molecule has 4 aromatic rings. The number of carbonyl (C=O) groups is 1. The number of nitrogens with zero attached hydrogens (tertiary/aromatic N) is 3. The normalized spacial score (nSPS) is 10.9. The number of pyridine rings is 1. The van der Waals surface area contributed by atoms with Gasteiger partial charge in [-0.05, 0) is 48.5 Å². The van der Waals surface area contributed by atoms with E-state index < -0.39 is 5.97 Å². The lowest BCUT2D eigenvalue weighted by Crippen LogP contribution is -2.04. The Morgan fingerprint density at radius 3 is 2.62 bits per heavy atom. The van der Waals surface area contributed by atoms with Gasteiger partial charge in [0.05, 0.1) is 31.1 Å². The van der Waals surface area contributed by atoms with Gasteiger partial charge >= 0.3 is 5.97 Å². The van der Waals surface area contributed by atoms with Crippen LogP contribution in [0.3, 0.4) is 0 Å². The number of methoxy groups -OCH3 is 2. The molecule has 0 aliphatic heterocycles. The standard InChI is InChI=1S/C21H16ClN3O4/c1-28-13-4-6-20(29-2)15(10-13)19-11-17(21(26)27)24-25(19)18-7-8-23-16-9-12(22)3-5-14(16)18/h3-11H,1-2H3,(H,26,27). The van der Waals surface area contributed by atoms with Crippen LogP contribution in [0.15, 0.2) is 54.7 Å². The number of halogens is 1. The second-order valence-corrected chi connectivity index (χ2v) is 6.63. The van der Waals surface area contributed by atoms with Crippen molar-refractivity contribution < 1.29 is 19.4 Å². The predicted molar refractivity (Wildman–Crippen MR) is 109 cm³/mol. The van der Waals surface area contributed by atoms with E-state index in [4.69, 9.17) is 21.1 Å². The number of benzene rings is 2. The van der Waals surface area contributed by atoms with Gasteiger partial charge in [-0.15, -0.1) is 0 Å². The molecule has 0 fully saturated rings. The zero-order chi connectivity index (χ0) is 20.5. The molecule has 0 unspecified atom stereocenters. The Kier molecular flexibility index (Phi) is 4.82. The van der Waals surface area contributed by atoms with E-state index in [0.717, 1.165) is 5.39 Å². The molecule has 0 amide bonds. The van der Waals surface area contributed by atoms with Gasteiger partial charge in [0.1, 0.15) is 11.5 Å². The number of hydrogen-bond acceptors (Lipinski definition) is 5. The third kappa shape index (κ3) is 3.36. The highest BCUT2D eigenvalue weighted by Gasteiger charge is 2.20. The summed E-state index contributed by atoms with van der Waals surface area (Å²) in [5.74, 6) is 0.0374. The van der Waals surface area contributed by atoms with Gasteiger partial charge in [-0.2, -0.15) is 5.10 Å². The van der Waals surface area contributed by atoms with Gasteiger partial charge in [0, 0.05) is 22.2 Å². The lowest BCUT2D eigenvalue weighted by Gasteiger charge is -2.14. The van der Waals surface area contributed by atoms with E-state index in [0.29, 0.717) is 39.0 Å². The summed E-state index contributed by atoms with van der Waals surface area (Å²) in [6, 6.07) is 13.9. The summed E-state index contributed by atoms with van der Waals surface area (Å²) in [5, 5.41) is 15.2. The molecule has 2 aromatic carbocycles. The fraction of sp³-hybridized carbons (Fsp3) is 0.0952. The highest BCUT2D eigenvalue weighted by molar-refractivity contribution is 6.31. The first-order valence-electron chi connectivity index (χ1n) is 8.62. The Morgan fingerprint density at radius 2 is 1.90 bits per heavy atom. The molecular formula is C21H16ClN3O4. The third-order valence-corrected chi connectivity index (χ3v) is 4.76. The van der Waals surface area contributed by atoms with Gasteiger partial charge in [0.25, 0.3) is 0 Å². The van der Waals surface area contributed by atoms with Gasteiger partial charge in [0.15, 0.2) is 5.69 Å². The van der Waals surface area contributed by atoms with E-state index >= 15 is 0 Å². The Hall–Kier alpha value is -3.58. The van der Waals surface area contributed by atoms with Crippen LogP contribution in [-0.4, -0.2) is 40.1 Å². The topological polar surface area (TPSA) is 86.5 Å². The first kappa shape index (κ1) is 18.8. The summed E-state index contributed by atoms with van der Waals surface area (Å²) in [5.41, 5.74) is 2.43. The minimum atomic E-state index is -1.13. The highest BCUT2D eigenvalue weighted by Crippen LogP contribution is 2.36. The first-order valence-corrected chi connectivity index (χ1v) is 9.00. The fourth-order valence-electron chi connectivity index (χ4n) is 3.17. The number of fused-ring (bicyclic) bond motifs is 1. The second-order valence-electron chi connectivity index (χ2n) is 6.19. The maximum Gasteiger partial charge on any atom is 0.356 e. The third-order valence-electron chi connectivity index (χ3n) is 4.52. The fourth-order valence-corrected chi connectivity index (χ4v) is 3.33. The Balaban J connectivity index is 2.03. The largest absolute Gasteiger partial charge is 0.497 e. The summed E-state index contributed by atoms with van der Waals surface area (Å²) in [6.45, 7) is 0. The van der Waals surface area contributed by atoms with Crippen molar-refractivity contribution in [2.24, 2.45) is 0 Å². The molecule has 4 rings (SSSR count). The van der Waals surface area contributed by atoms with Gasteiger partial charge < -0.3 is 14.6 Å². The molecule has 29 heavy (non-hydrogen) atoms. The molecule has 0 aliphatic carbocycles. The molecule has 1 N–H and O–H groups in total. The molecule has 0 bridgehead atoms. The van der Waals surface area contributed by atoms with Crippen LogP contribution in [0.2, 0.25) is 5.02 Å². The minimum absolute atomic E-state index is 0.0937. The molecular weight excluding hydrogens is 394 g/mol. The van der Waals surface area contributed by atoms with E-state index in [1.807, 2.05) is 6.07 Å². The molecule has 0 atom stereocenters. The van der Waals surface area contributed by atoms with Crippen LogP contribution in [0.1, 0.15) is 10.5 Å². The highest BCUT2D eigenvalue weighted by atomic mass is 35.5. The van der Waals surface area contributed by atoms with Crippen LogP contribution < -0.4 is 9.47 Å². The molecule has 2 heterocycles. The summed E-state index contributed by atoms with van der Waals surface area (Å²) in [7, 11) is 3.11. The number of rotatable bonds is 5. The summed E-state index contributed by atoms with van der Waals surface area (Å²) in [6.07, 6.45) is 1.63. The zero-order valence-electron chi connectivity index (χ0n) is 15.6. The average Bonchev–Trinajstić information content (AvgIpc) is 3.18. The lowest BCUT2D eigenvalue weighted by atomic mass is 10.1. The van der Waals surface area contributed by atoms with Crippen LogP contribution in [0.25, 0.3) is 27.8 Å². The number of aromatic nitrogens is 3. The van der Waals surface area contributed by atoms with E-state index in [2.05, 4.69) is 10.1 Å². The summed E-state index contributed by atoms with van der Waals surface area (Å²) >= 11 is 6.09. The predicted octanol–water partition coefficient (Wildman–Crippen LogP) is 4.46. The van der Waals surface area contributed by atoms with E-state index in [-0.39, 0.29) is 5.69 Å². The number of carboxylic acid groups (broad SMARTS) is 1. The molecule has 0 radical (unpaired) electrons. The SMILES string of the molecule is COc1ccc(OC)c(-c2cc(C(=O)O)nn2-c2ccnc3cc(Cl)ccc23)c1. The number of ether oxygens (including phenoxy) is 2. The van der Waals surface area contributed by atoms with Gasteiger partial charge in [0.2, 0.25) is 0 Å². The summed E-state index contributed by atoms with van der Waals surface area (Å²) < 4.78 is 12.4. The molecule has 7 nitrogen and oxygen atoms in total. The molecule has 2 aromatic heterocycles. The number of aromatic carboxylic acids is 1. The maximum absolute atomic E-state index is 11.7. The van der Waals surface area contributed by atoms with E-state index in [1.165, 1.54) is 6.07 Å². The molecule has 0 aliphatic rings. The second kappa shape index (κ2) is 7.44. The molecule has 0 saturated heterocycles. The first-order chi connectivity index (χ1) is 14.0. The summed E-state index contributed by atoms with van der Waals surface area (Å²) in [4.78, 5) is 16.0. The van der Waals surface area contributed by atoms with Crippen LogP contribution in [0.5, 0.6) is 11.5 Å². The lowest BCUT2D eigenvalue weighted by molar-refractivity contribution is 0.0690. The Bertz CT molecular complexity index is 1240. The number of hydrogen-bond donors (Lipinski definition) is 1. The van der Waals surface area contributed by atoms with E-state index in [1.54, 1.807) is 61.5 Å². The smallest absolute Gasteiger partial charge is 0.356 e. The van der Waals surface area contributed by atoms with Gasteiger partial charge in [-0.3, -0.25) is 4.98 Å². The zero-order valence-corrected chi connectivity index (χ0v) is 16.3. The maximum atomic E-state index is 11.7. The Morgan fingerprint density at radius 1 is 1.07 bits per heavy atom. The van der Waals surface area contributed by atoms with Crippen LogP contribution >= 0.6 is 11.6 Å². The van der Waals surface area contributed by atoms with Crippen LogP contribution in [-0.2, 0) is 0 Å². The van der Waals surface area contributed by atoms with Crippen molar-refractivity contribution in [3.8, 4) is 28.4 Å². The Labute approximate surface area is 171 Å². The van der Waals surface area contributed by atoms with E-state index in [9.17, 15) is 9.90 Å². The van der Waals surface area contributed by atoms with Crippen molar-refractivity contribution in [1.82, 2.24) is 14.8 Å². The molecule has 146 valence electrons. The van der Waals surface area contributed by atoms with Crippen LogP contribution in [0.4, 0.5) is 0 Å². The van der Waals surface area contributed by atoms with Crippen molar-refractivity contribution >= 4 is 28.5 Å². The molecule has 0 spiro atoms. The number of carboxylic acids is 1. The van der Waals surface area contributed by atoms with Crippen molar-refractivity contribution in [2.45, 2.75) is 0 Å². The van der Waals surface area contributed by atoms with Gasteiger partial charge in [-0.1, -0.05) is 11.6 Å². The minimum Gasteiger partial charge on any atom is -0.497 e. The van der Waals surface area contributed by atoms with Crippen molar-refractivity contribution in [2.75, 3.05) is 14.2 Å². The van der Waals surface area contributed by atoms with Crippen molar-refractivity contribution in [1.29, 1.82) is 0 Å².